The molecular weight excluding hydrogens is 676 g/mol. The number of hydrogen-bond acceptors (Lipinski definition) is 10. The Morgan fingerprint density at radius 3 is 1.47 bits per heavy atom. The maximum Gasteiger partial charge on any atom is 0.306 e. The van der Waals surface area contributed by atoms with Crippen LogP contribution in [0.4, 0.5) is 0 Å². The lowest BCUT2D eigenvalue weighted by Gasteiger charge is -2.39. The second kappa shape index (κ2) is 34.9. The monoisotopic (exact) mass is 757 g/mol. The van der Waals surface area contributed by atoms with Crippen LogP contribution in [0.15, 0.2) is 12.2 Å². The van der Waals surface area contributed by atoms with Gasteiger partial charge >= 0.3 is 11.9 Å². The molecule has 1 aliphatic rings. The van der Waals surface area contributed by atoms with Crippen LogP contribution < -0.4 is 0 Å². The molecule has 0 saturated carbocycles. The summed E-state index contributed by atoms with van der Waals surface area (Å²) in [4.78, 5) is 25.3. The molecule has 1 fully saturated rings. The number of aliphatic hydroxyl groups is 4. The average Bonchev–Trinajstić information content (AvgIpc) is 3.15. The zero-order valence-electron chi connectivity index (χ0n) is 33.8. The van der Waals surface area contributed by atoms with E-state index in [9.17, 15) is 30.0 Å². The molecule has 6 atom stereocenters. The minimum atomic E-state index is -1.59. The minimum absolute atomic E-state index is 0.215. The van der Waals surface area contributed by atoms with E-state index in [0.29, 0.717) is 6.42 Å². The largest absolute Gasteiger partial charge is 0.462 e. The van der Waals surface area contributed by atoms with Crippen molar-refractivity contribution in [3.05, 3.63) is 12.2 Å². The normalized spacial score (nSPS) is 20.9. The molecule has 1 unspecified atom stereocenters. The topological polar surface area (TPSA) is 152 Å². The van der Waals surface area contributed by atoms with E-state index in [2.05, 4.69) is 26.0 Å². The fourth-order valence-electron chi connectivity index (χ4n) is 6.65. The molecule has 4 N–H and O–H groups in total. The number of hydrogen-bond donors (Lipinski definition) is 4. The number of carbonyl (C=O) groups is 2. The number of rotatable bonds is 36. The molecule has 10 nitrogen and oxygen atoms in total. The van der Waals surface area contributed by atoms with Crippen molar-refractivity contribution in [1.29, 1.82) is 0 Å². The van der Waals surface area contributed by atoms with Crippen molar-refractivity contribution in [1.82, 2.24) is 0 Å². The second-order valence-corrected chi connectivity index (χ2v) is 15.2. The summed E-state index contributed by atoms with van der Waals surface area (Å²) in [7, 11) is 0. The number of esters is 2. The summed E-state index contributed by atoms with van der Waals surface area (Å²) < 4.78 is 22.1. The highest BCUT2D eigenvalue weighted by Crippen LogP contribution is 2.23. The van der Waals surface area contributed by atoms with Gasteiger partial charge in [0, 0.05) is 12.8 Å². The van der Waals surface area contributed by atoms with Crippen molar-refractivity contribution in [2.45, 2.75) is 230 Å². The Balaban J connectivity index is 2.35. The Bertz CT molecular complexity index is 881. The Morgan fingerprint density at radius 1 is 0.566 bits per heavy atom. The van der Waals surface area contributed by atoms with Gasteiger partial charge in [-0.2, -0.15) is 0 Å². The maximum absolute atomic E-state index is 12.7. The van der Waals surface area contributed by atoms with Crippen molar-refractivity contribution in [3.8, 4) is 0 Å². The summed E-state index contributed by atoms with van der Waals surface area (Å²) in [6.07, 6.45) is 27.9. The summed E-state index contributed by atoms with van der Waals surface area (Å²) in [5.74, 6) is -0.809. The molecule has 0 bridgehead atoms. The number of carbonyl (C=O) groups excluding carboxylic acids is 2. The molecular formula is C43H80O10. The SMILES string of the molecule is CCCCCCCC/C=C\CCCCCCCC(=O)OC(COC(=O)CCCCCCCCCCCCCCC)CO[C@@H]1O[C@H](CO)[C@H](O)[C@H](O)[C@H]1O. The number of aliphatic hydroxyl groups excluding tert-OH is 4. The molecule has 0 aromatic carbocycles. The van der Waals surface area contributed by atoms with Gasteiger partial charge in [0.25, 0.3) is 0 Å². The first-order valence-electron chi connectivity index (χ1n) is 21.8. The molecule has 0 aromatic rings. The molecule has 1 heterocycles. The van der Waals surface area contributed by atoms with E-state index in [-0.39, 0.29) is 32.0 Å². The first kappa shape index (κ1) is 49.5. The Kier molecular flexibility index (Phi) is 32.6. The predicted octanol–water partition coefficient (Wildman–Crippen LogP) is 8.78. The fourth-order valence-corrected chi connectivity index (χ4v) is 6.65. The van der Waals surface area contributed by atoms with Gasteiger partial charge in [-0.25, -0.2) is 0 Å². The van der Waals surface area contributed by atoms with Crippen molar-refractivity contribution < 1.29 is 49.0 Å². The van der Waals surface area contributed by atoms with Gasteiger partial charge < -0.3 is 39.4 Å². The van der Waals surface area contributed by atoms with Crippen LogP contribution in [0.25, 0.3) is 0 Å². The van der Waals surface area contributed by atoms with Crippen LogP contribution in [0.2, 0.25) is 0 Å². The van der Waals surface area contributed by atoms with E-state index < -0.39 is 49.4 Å². The minimum Gasteiger partial charge on any atom is -0.462 e. The Morgan fingerprint density at radius 2 is 1.00 bits per heavy atom. The summed E-state index contributed by atoms with van der Waals surface area (Å²) >= 11 is 0. The van der Waals surface area contributed by atoms with Crippen LogP contribution in [0.3, 0.4) is 0 Å². The van der Waals surface area contributed by atoms with Gasteiger partial charge in [0.05, 0.1) is 13.2 Å². The van der Waals surface area contributed by atoms with E-state index in [1.165, 1.54) is 109 Å². The summed E-state index contributed by atoms with van der Waals surface area (Å²) in [5.41, 5.74) is 0. The van der Waals surface area contributed by atoms with Gasteiger partial charge in [0.15, 0.2) is 12.4 Å². The number of allylic oxidation sites excluding steroid dienone is 2. The van der Waals surface area contributed by atoms with Gasteiger partial charge in [0.1, 0.15) is 31.0 Å². The molecule has 1 aliphatic heterocycles. The lowest BCUT2D eigenvalue weighted by atomic mass is 9.99. The molecule has 53 heavy (non-hydrogen) atoms. The number of unbranched alkanes of at least 4 members (excludes halogenated alkanes) is 23. The molecule has 1 saturated heterocycles. The predicted molar refractivity (Wildman–Crippen MR) is 210 cm³/mol. The van der Waals surface area contributed by atoms with Gasteiger partial charge in [-0.05, 0) is 38.5 Å². The van der Waals surface area contributed by atoms with E-state index in [0.717, 1.165) is 51.4 Å². The van der Waals surface area contributed by atoms with Crippen LogP contribution in [0.5, 0.6) is 0 Å². The third kappa shape index (κ3) is 26.8. The van der Waals surface area contributed by atoms with Crippen LogP contribution >= 0.6 is 0 Å². The van der Waals surface area contributed by atoms with E-state index in [1.54, 1.807) is 0 Å². The smallest absolute Gasteiger partial charge is 0.306 e. The summed E-state index contributed by atoms with van der Waals surface area (Å²) in [6.45, 7) is 3.41. The Labute approximate surface area is 322 Å². The van der Waals surface area contributed by atoms with Gasteiger partial charge in [0.2, 0.25) is 0 Å². The number of ether oxygens (including phenoxy) is 4. The van der Waals surface area contributed by atoms with Gasteiger partial charge in [-0.3, -0.25) is 9.59 Å². The molecule has 0 spiro atoms. The van der Waals surface area contributed by atoms with Crippen molar-refractivity contribution in [3.63, 3.8) is 0 Å². The molecule has 1 rings (SSSR count). The molecule has 0 aliphatic carbocycles. The van der Waals surface area contributed by atoms with E-state index >= 15 is 0 Å². The molecule has 10 heteroatoms. The van der Waals surface area contributed by atoms with Crippen molar-refractivity contribution in [2.75, 3.05) is 19.8 Å². The van der Waals surface area contributed by atoms with Gasteiger partial charge in [-0.15, -0.1) is 0 Å². The third-order valence-electron chi connectivity index (χ3n) is 10.2. The first-order chi connectivity index (χ1) is 25.8. The molecule has 312 valence electrons. The molecule has 0 amide bonds. The average molecular weight is 757 g/mol. The van der Waals surface area contributed by atoms with Crippen LogP contribution in [-0.2, 0) is 28.5 Å². The zero-order chi connectivity index (χ0) is 38.8. The lowest BCUT2D eigenvalue weighted by Crippen LogP contribution is -2.59. The molecule has 0 radical (unpaired) electrons. The van der Waals surface area contributed by atoms with E-state index in [1.807, 2.05) is 0 Å². The highest BCUT2D eigenvalue weighted by Gasteiger charge is 2.44. The highest BCUT2D eigenvalue weighted by molar-refractivity contribution is 5.70. The standard InChI is InChI=1S/C43H80O10/c1-3-5-7-9-11-13-15-17-18-20-22-24-26-28-30-32-39(46)52-36(35-51-43-42(49)41(48)40(47)37(33-44)53-43)34-50-38(45)31-29-27-25-23-21-19-16-14-12-10-8-6-4-2/h17-18,36-37,40-44,47-49H,3-16,19-35H2,1-2H3/b18-17-/t36?,37-,40+,41+,42-,43-/m1/s1. The highest BCUT2D eigenvalue weighted by atomic mass is 16.7. The quantitative estimate of drug-likeness (QED) is 0.0277. The Hall–Kier alpha value is -1.56. The zero-order valence-corrected chi connectivity index (χ0v) is 33.8. The van der Waals surface area contributed by atoms with E-state index in [4.69, 9.17) is 18.9 Å². The lowest BCUT2D eigenvalue weighted by molar-refractivity contribution is -0.305. The second-order valence-electron chi connectivity index (χ2n) is 15.2. The molecule has 0 aromatic heterocycles. The summed E-state index contributed by atoms with van der Waals surface area (Å²) in [6, 6.07) is 0. The summed E-state index contributed by atoms with van der Waals surface area (Å²) in [5, 5.41) is 40.0. The van der Waals surface area contributed by atoms with Crippen LogP contribution in [0.1, 0.15) is 194 Å². The van der Waals surface area contributed by atoms with Gasteiger partial charge in [-0.1, -0.05) is 154 Å². The van der Waals surface area contributed by atoms with Crippen LogP contribution in [0, 0.1) is 0 Å². The van der Waals surface area contributed by atoms with Crippen molar-refractivity contribution >= 4 is 11.9 Å². The van der Waals surface area contributed by atoms with Crippen molar-refractivity contribution in [2.24, 2.45) is 0 Å². The van der Waals surface area contributed by atoms with Crippen LogP contribution in [-0.4, -0.2) is 89.0 Å². The maximum atomic E-state index is 12.7. The fraction of sp³-hybridized carbons (Fsp3) is 0.907. The third-order valence-corrected chi connectivity index (χ3v) is 10.2. The first-order valence-corrected chi connectivity index (χ1v) is 21.8.